The molecule has 0 aromatic heterocycles. The first-order valence-corrected chi connectivity index (χ1v) is 5.62. The van der Waals surface area contributed by atoms with Crippen molar-refractivity contribution < 1.29 is 29.0 Å². The highest BCUT2D eigenvalue weighted by Gasteiger charge is 2.20. The minimum Gasteiger partial charge on any atom is -0.450 e. The van der Waals surface area contributed by atoms with Gasteiger partial charge >= 0.3 is 12.1 Å². The van der Waals surface area contributed by atoms with Crippen molar-refractivity contribution in [1.82, 2.24) is 0 Å². The Bertz CT molecular complexity index is 453. The van der Waals surface area contributed by atoms with E-state index in [-0.39, 0.29) is 18.6 Å². The lowest BCUT2D eigenvalue weighted by Crippen LogP contribution is -2.17. The van der Waals surface area contributed by atoms with Gasteiger partial charge in [0.05, 0.1) is 6.42 Å². The number of rotatable bonds is 6. The van der Waals surface area contributed by atoms with Crippen LogP contribution in [0.15, 0.2) is 30.3 Å². The first-order chi connectivity index (χ1) is 8.99. The fourth-order valence-corrected chi connectivity index (χ4v) is 1.32. The summed E-state index contributed by atoms with van der Waals surface area (Å²) in [6, 6.07) is 8.21. The van der Waals surface area contributed by atoms with Crippen LogP contribution in [0.1, 0.15) is 31.6 Å². The van der Waals surface area contributed by atoms with Crippen LogP contribution in [-0.2, 0) is 19.1 Å². The number of carbonyl (C=O) groups excluding carboxylic acids is 2. The number of ketones is 1. The van der Waals surface area contributed by atoms with Crippen molar-refractivity contribution in [2.24, 2.45) is 0 Å². The van der Waals surface area contributed by atoms with Gasteiger partial charge in [-0.25, -0.2) is 4.79 Å². The van der Waals surface area contributed by atoms with Crippen LogP contribution in [0, 0.1) is 0 Å². The van der Waals surface area contributed by atoms with Gasteiger partial charge < -0.3 is 19.4 Å². The molecular formula is C13H14O6. The second kappa shape index (κ2) is 7.15. The van der Waals surface area contributed by atoms with Gasteiger partial charge in [0.25, 0.3) is 6.29 Å². The number of carboxylic acid groups (broad SMARTS) is 1. The molecule has 1 N–H and O–H groups in total. The van der Waals surface area contributed by atoms with Crippen LogP contribution in [0.25, 0.3) is 0 Å². The number of ether oxygens (including phenoxy) is 2. The monoisotopic (exact) mass is 266 g/mol. The molecule has 19 heavy (non-hydrogen) atoms. The Labute approximate surface area is 109 Å². The number of hydrogen-bond donors (Lipinski definition) is 1. The highest BCUT2D eigenvalue weighted by Crippen LogP contribution is 2.19. The van der Waals surface area contributed by atoms with Crippen LogP contribution in [0.3, 0.4) is 0 Å². The molecule has 6 nitrogen and oxygen atoms in total. The van der Waals surface area contributed by atoms with Gasteiger partial charge in [-0.1, -0.05) is 30.3 Å². The number of benzene rings is 1. The van der Waals surface area contributed by atoms with Gasteiger partial charge in [0.1, 0.15) is 5.78 Å². The van der Waals surface area contributed by atoms with Crippen LogP contribution < -0.4 is 0 Å². The third-order valence-corrected chi connectivity index (χ3v) is 2.20. The van der Waals surface area contributed by atoms with Crippen molar-refractivity contribution in [3.8, 4) is 0 Å². The molecule has 102 valence electrons. The van der Waals surface area contributed by atoms with Gasteiger partial charge in [-0.15, -0.1) is 0 Å². The molecule has 6 heteroatoms. The smallest absolute Gasteiger partial charge is 0.450 e. The fourth-order valence-electron chi connectivity index (χ4n) is 1.32. The third kappa shape index (κ3) is 5.67. The zero-order valence-electron chi connectivity index (χ0n) is 10.4. The van der Waals surface area contributed by atoms with Crippen molar-refractivity contribution >= 4 is 17.9 Å². The third-order valence-electron chi connectivity index (χ3n) is 2.20. The van der Waals surface area contributed by atoms with Crippen molar-refractivity contribution in [2.75, 3.05) is 0 Å². The summed E-state index contributed by atoms with van der Waals surface area (Å²) in [5.74, 6) is -0.835. The Kier molecular flexibility index (Phi) is 5.53. The second-order valence-electron chi connectivity index (χ2n) is 3.82. The summed E-state index contributed by atoms with van der Waals surface area (Å²) in [7, 11) is 0. The Hall–Kier alpha value is -2.37. The molecule has 0 saturated carbocycles. The number of hydrogen-bond acceptors (Lipinski definition) is 5. The normalized spacial score (nSPS) is 11.4. The largest absolute Gasteiger partial charge is 0.509 e. The number of Topliss-reactive ketones (excluding diaryl/α,β-unsaturated/α-hetero) is 1. The van der Waals surface area contributed by atoms with Crippen molar-refractivity contribution in [2.45, 2.75) is 26.1 Å². The lowest BCUT2D eigenvalue weighted by molar-refractivity contribution is -0.172. The molecule has 0 amide bonds. The van der Waals surface area contributed by atoms with Crippen LogP contribution in [0.4, 0.5) is 4.79 Å². The van der Waals surface area contributed by atoms with Crippen molar-refractivity contribution in [3.63, 3.8) is 0 Å². The van der Waals surface area contributed by atoms with Crippen molar-refractivity contribution in [1.29, 1.82) is 0 Å². The molecule has 1 aromatic rings. The summed E-state index contributed by atoms with van der Waals surface area (Å²) in [5.41, 5.74) is 0.404. The molecule has 1 atom stereocenters. The Morgan fingerprint density at radius 2 is 1.74 bits per heavy atom. The first kappa shape index (κ1) is 14.7. The standard InChI is InChI=1S/C13H14O6/c1-9(14)7-8-11(15)18-12(19-13(16)17)10-5-3-2-4-6-10/h2-6,12H,7-8H2,1H3,(H,16,17). The predicted molar refractivity (Wildman–Crippen MR) is 64.3 cm³/mol. The predicted octanol–water partition coefficient (Wildman–Crippen LogP) is 2.29. The van der Waals surface area contributed by atoms with E-state index >= 15 is 0 Å². The molecule has 1 aromatic carbocycles. The maximum atomic E-state index is 11.5. The minimum atomic E-state index is -1.55. The minimum absolute atomic E-state index is 0.0490. The second-order valence-corrected chi connectivity index (χ2v) is 3.82. The lowest BCUT2D eigenvalue weighted by atomic mass is 10.2. The van der Waals surface area contributed by atoms with Gasteiger partial charge in [0.15, 0.2) is 0 Å². The van der Waals surface area contributed by atoms with E-state index in [1.807, 2.05) is 0 Å². The average Bonchev–Trinajstić information content (AvgIpc) is 2.36. The topological polar surface area (TPSA) is 89.9 Å². The fraction of sp³-hybridized carbons (Fsp3) is 0.308. The quantitative estimate of drug-likeness (QED) is 0.627. The van der Waals surface area contributed by atoms with Gasteiger partial charge in [0.2, 0.25) is 0 Å². The van der Waals surface area contributed by atoms with Crippen molar-refractivity contribution in [3.05, 3.63) is 35.9 Å². The molecule has 0 bridgehead atoms. The summed E-state index contributed by atoms with van der Waals surface area (Å²) in [6.07, 6.45) is -2.93. The summed E-state index contributed by atoms with van der Waals surface area (Å²) in [5, 5.41) is 8.61. The van der Waals surface area contributed by atoms with Crippen LogP contribution in [0.2, 0.25) is 0 Å². The van der Waals surface area contributed by atoms with Crippen LogP contribution >= 0.6 is 0 Å². The van der Waals surface area contributed by atoms with Gasteiger partial charge in [0, 0.05) is 12.0 Å². The molecule has 1 unspecified atom stereocenters. The number of carbonyl (C=O) groups is 3. The lowest BCUT2D eigenvalue weighted by Gasteiger charge is -2.16. The zero-order chi connectivity index (χ0) is 14.3. The van der Waals surface area contributed by atoms with E-state index in [2.05, 4.69) is 4.74 Å². The Balaban J connectivity index is 2.67. The van der Waals surface area contributed by atoms with E-state index in [1.165, 1.54) is 6.92 Å². The summed E-state index contributed by atoms with van der Waals surface area (Å²) < 4.78 is 9.41. The maximum absolute atomic E-state index is 11.5. The van der Waals surface area contributed by atoms with E-state index in [0.717, 1.165) is 0 Å². The SMILES string of the molecule is CC(=O)CCC(=O)OC(OC(=O)O)c1ccccc1. The Morgan fingerprint density at radius 1 is 1.11 bits per heavy atom. The van der Waals surface area contributed by atoms with Crippen LogP contribution in [0.5, 0.6) is 0 Å². The molecule has 0 aliphatic heterocycles. The van der Waals surface area contributed by atoms with E-state index in [4.69, 9.17) is 9.84 Å². The van der Waals surface area contributed by atoms with Crippen LogP contribution in [-0.4, -0.2) is 23.0 Å². The van der Waals surface area contributed by atoms with E-state index < -0.39 is 18.4 Å². The van der Waals surface area contributed by atoms with Gasteiger partial charge in [-0.2, -0.15) is 0 Å². The molecule has 0 fully saturated rings. The molecule has 0 aliphatic carbocycles. The first-order valence-electron chi connectivity index (χ1n) is 5.62. The molecule has 0 radical (unpaired) electrons. The molecule has 0 saturated heterocycles. The zero-order valence-corrected chi connectivity index (χ0v) is 10.4. The van der Waals surface area contributed by atoms with Gasteiger partial charge in [-0.05, 0) is 6.92 Å². The average molecular weight is 266 g/mol. The maximum Gasteiger partial charge on any atom is 0.509 e. The molecule has 0 aliphatic rings. The van der Waals surface area contributed by atoms with E-state index in [0.29, 0.717) is 5.56 Å². The van der Waals surface area contributed by atoms with Gasteiger partial charge in [-0.3, -0.25) is 4.79 Å². The molecular weight excluding hydrogens is 252 g/mol. The summed E-state index contributed by atoms with van der Waals surface area (Å²) >= 11 is 0. The molecule has 1 rings (SSSR count). The summed E-state index contributed by atoms with van der Waals surface area (Å²) in [6.45, 7) is 1.36. The number of esters is 1. The van der Waals surface area contributed by atoms with E-state index in [1.54, 1.807) is 30.3 Å². The van der Waals surface area contributed by atoms with E-state index in [9.17, 15) is 14.4 Å². The Morgan fingerprint density at radius 3 is 2.26 bits per heavy atom. The molecule has 0 spiro atoms. The highest BCUT2D eigenvalue weighted by molar-refractivity contribution is 5.81. The molecule has 0 heterocycles. The highest BCUT2D eigenvalue weighted by atomic mass is 16.8. The summed E-state index contributed by atoms with van der Waals surface area (Å²) in [4.78, 5) is 32.8.